The van der Waals surface area contributed by atoms with Crippen LogP contribution in [0.5, 0.6) is 0 Å². The van der Waals surface area contributed by atoms with Crippen molar-refractivity contribution >= 4 is 5.82 Å². The Balaban J connectivity index is 1.33. The fraction of sp³-hybridized carbons (Fsp3) is 0.333. The second-order valence-corrected chi connectivity index (χ2v) is 6.25. The van der Waals surface area contributed by atoms with Gasteiger partial charge in [0.1, 0.15) is 5.82 Å². The molecule has 1 aliphatic rings. The average Bonchev–Trinajstić information content (AvgIpc) is 3.27. The molecule has 0 radical (unpaired) electrons. The van der Waals surface area contributed by atoms with E-state index in [1.165, 1.54) is 11.1 Å². The molecule has 4 rings (SSSR count). The molecule has 0 fully saturated rings. The van der Waals surface area contributed by atoms with Gasteiger partial charge in [0.2, 0.25) is 0 Å². The third kappa shape index (κ3) is 3.33. The van der Waals surface area contributed by atoms with E-state index in [0.29, 0.717) is 5.92 Å². The molecule has 0 unspecified atom stereocenters. The Bertz CT molecular complexity index is 776. The zero-order chi connectivity index (χ0) is 16.2. The molecule has 6 heteroatoms. The minimum absolute atomic E-state index is 0.552. The van der Waals surface area contributed by atoms with E-state index in [9.17, 15) is 0 Å². The van der Waals surface area contributed by atoms with Crippen molar-refractivity contribution < 1.29 is 0 Å². The van der Waals surface area contributed by atoms with Crippen LogP contribution in [0.15, 0.2) is 55.0 Å². The third-order valence-electron chi connectivity index (χ3n) is 4.48. The molecule has 0 spiro atoms. The SMILES string of the molecule is c1ccc(Cn2cccn2)c(CNC[C@@H]2CNc3ccnn3C2)c1. The van der Waals surface area contributed by atoms with Crippen LogP contribution < -0.4 is 10.6 Å². The van der Waals surface area contributed by atoms with Crippen LogP contribution in [0, 0.1) is 5.92 Å². The molecular formula is C18H22N6. The summed E-state index contributed by atoms with van der Waals surface area (Å²) in [5.74, 6) is 1.67. The zero-order valence-corrected chi connectivity index (χ0v) is 13.6. The van der Waals surface area contributed by atoms with Crippen LogP contribution in [-0.2, 0) is 19.6 Å². The highest BCUT2D eigenvalue weighted by Gasteiger charge is 2.17. The first-order valence-corrected chi connectivity index (χ1v) is 8.39. The van der Waals surface area contributed by atoms with Crippen molar-refractivity contribution in [2.24, 2.45) is 5.92 Å². The molecule has 1 atom stereocenters. The van der Waals surface area contributed by atoms with Crippen LogP contribution in [0.25, 0.3) is 0 Å². The number of fused-ring (bicyclic) bond motifs is 1. The maximum atomic E-state index is 4.35. The van der Waals surface area contributed by atoms with E-state index in [2.05, 4.69) is 45.1 Å². The molecule has 2 N–H and O–H groups in total. The predicted octanol–water partition coefficient (Wildman–Crippen LogP) is 1.96. The first-order valence-electron chi connectivity index (χ1n) is 8.39. The van der Waals surface area contributed by atoms with Gasteiger partial charge in [0.25, 0.3) is 0 Å². The normalized spacial score (nSPS) is 16.6. The smallest absolute Gasteiger partial charge is 0.124 e. The van der Waals surface area contributed by atoms with Gasteiger partial charge in [-0.05, 0) is 17.2 Å². The number of aromatic nitrogens is 4. The fourth-order valence-electron chi connectivity index (χ4n) is 3.19. The largest absolute Gasteiger partial charge is 0.370 e. The lowest BCUT2D eigenvalue weighted by molar-refractivity contribution is 0.391. The average molecular weight is 322 g/mol. The van der Waals surface area contributed by atoms with Gasteiger partial charge in [-0.3, -0.25) is 4.68 Å². The van der Waals surface area contributed by atoms with E-state index in [-0.39, 0.29) is 0 Å². The molecule has 1 aromatic carbocycles. The van der Waals surface area contributed by atoms with Crippen molar-refractivity contribution in [1.82, 2.24) is 24.9 Å². The number of nitrogens with one attached hydrogen (secondary N) is 2. The summed E-state index contributed by atoms with van der Waals surface area (Å²) in [6, 6.07) is 12.5. The quantitative estimate of drug-likeness (QED) is 0.728. The summed E-state index contributed by atoms with van der Waals surface area (Å²) in [4.78, 5) is 0. The molecule has 0 aliphatic carbocycles. The molecule has 0 saturated carbocycles. The van der Waals surface area contributed by atoms with Gasteiger partial charge in [0.15, 0.2) is 0 Å². The Hall–Kier alpha value is -2.60. The van der Waals surface area contributed by atoms with Crippen molar-refractivity contribution in [1.29, 1.82) is 0 Å². The minimum Gasteiger partial charge on any atom is -0.370 e. The van der Waals surface area contributed by atoms with Gasteiger partial charge in [0, 0.05) is 50.6 Å². The summed E-state index contributed by atoms with van der Waals surface area (Å²) in [6.45, 7) is 4.62. The number of nitrogens with zero attached hydrogens (tertiary/aromatic N) is 4. The fourth-order valence-corrected chi connectivity index (χ4v) is 3.19. The van der Waals surface area contributed by atoms with Crippen LogP contribution in [-0.4, -0.2) is 32.7 Å². The van der Waals surface area contributed by atoms with Crippen LogP contribution in [0.4, 0.5) is 5.82 Å². The molecule has 1 aliphatic heterocycles. The van der Waals surface area contributed by atoms with E-state index >= 15 is 0 Å². The number of hydrogen-bond acceptors (Lipinski definition) is 4. The molecular weight excluding hydrogens is 300 g/mol. The second kappa shape index (κ2) is 6.88. The van der Waals surface area contributed by atoms with Gasteiger partial charge in [-0.1, -0.05) is 24.3 Å². The van der Waals surface area contributed by atoms with Gasteiger partial charge in [-0.15, -0.1) is 0 Å². The molecule has 2 aromatic heterocycles. The molecule has 3 heterocycles. The molecule has 6 nitrogen and oxygen atoms in total. The number of hydrogen-bond donors (Lipinski definition) is 2. The number of rotatable bonds is 6. The highest BCUT2D eigenvalue weighted by atomic mass is 15.3. The van der Waals surface area contributed by atoms with Crippen molar-refractivity contribution in [3.8, 4) is 0 Å². The van der Waals surface area contributed by atoms with Gasteiger partial charge >= 0.3 is 0 Å². The van der Waals surface area contributed by atoms with Crippen molar-refractivity contribution in [3.05, 3.63) is 66.1 Å². The third-order valence-corrected chi connectivity index (χ3v) is 4.48. The molecule has 0 amide bonds. The molecule has 124 valence electrons. The maximum absolute atomic E-state index is 4.35. The molecule has 3 aromatic rings. The number of anilines is 1. The lowest BCUT2D eigenvalue weighted by atomic mass is 10.1. The van der Waals surface area contributed by atoms with Crippen LogP contribution in [0.1, 0.15) is 11.1 Å². The summed E-state index contributed by atoms with van der Waals surface area (Å²) in [7, 11) is 0. The summed E-state index contributed by atoms with van der Waals surface area (Å²) in [6.07, 6.45) is 5.67. The van der Waals surface area contributed by atoms with E-state index in [4.69, 9.17) is 0 Å². The Kier molecular flexibility index (Phi) is 4.29. The molecule has 0 bridgehead atoms. The monoisotopic (exact) mass is 322 g/mol. The van der Waals surface area contributed by atoms with E-state index in [1.807, 2.05) is 40.1 Å². The summed E-state index contributed by atoms with van der Waals surface area (Å²) in [5, 5.41) is 15.7. The minimum atomic E-state index is 0.552. The van der Waals surface area contributed by atoms with Gasteiger partial charge in [-0.2, -0.15) is 10.2 Å². The first-order chi connectivity index (χ1) is 11.9. The maximum Gasteiger partial charge on any atom is 0.124 e. The van der Waals surface area contributed by atoms with E-state index in [0.717, 1.165) is 38.5 Å². The van der Waals surface area contributed by atoms with Crippen LogP contribution in [0.2, 0.25) is 0 Å². The predicted molar refractivity (Wildman–Crippen MR) is 93.7 cm³/mol. The summed E-state index contributed by atoms with van der Waals surface area (Å²) >= 11 is 0. The van der Waals surface area contributed by atoms with Gasteiger partial charge in [0.05, 0.1) is 12.7 Å². The highest BCUT2D eigenvalue weighted by Crippen LogP contribution is 2.16. The summed E-state index contributed by atoms with van der Waals surface area (Å²) in [5.41, 5.74) is 2.64. The van der Waals surface area contributed by atoms with Crippen molar-refractivity contribution in [3.63, 3.8) is 0 Å². The lowest BCUT2D eigenvalue weighted by Gasteiger charge is -2.25. The van der Waals surface area contributed by atoms with Crippen molar-refractivity contribution in [2.75, 3.05) is 18.4 Å². The highest BCUT2D eigenvalue weighted by molar-refractivity contribution is 5.35. The first kappa shape index (κ1) is 15.0. The molecule has 24 heavy (non-hydrogen) atoms. The Morgan fingerprint density at radius 3 is 2.88 bits per heavy atom. The Morgan fingerprint density at radius 1 is 1.08 bits per heavy atom. The van der Waals surface area contributed by atoms with Crippen molar-refractivity contribution in [2.45, 2.75) is 19.6 Å². The Morgan fingerprint density at radius 2 is 2.00 bits per heavy atom. The van der Waals surface area contributed by atoms with Crippen LogP contribution >= 0.6 is 0 Å². The van der Waals surface area contributed by atoms with Gasteiger partial charge in [-0.25, -0.2) is 4.68 Å². The topological polar surface area (TPSA) is 59.7 Å². The lowest BCUT2D eigenvalue weighted by Crippen LogP contribution is -2.35. The van der Waals surface area contributed by atoms with Gasteiger partial charge < -0.3 is 10.6 Å². The standard InChI is InChI=1S/C18H22N6/c1-2-5-17(14-23-9-3-7-21-23)16(4-1)12-19-10-15-11-20-18-6-8-22-24(18)13-15/h1-9,15,19-20H,10-14H2/t15-/m1/s1. The van der Waals surface area contributed by atoms with E-state index < -0.39 is 0 Å². The summed E-state index contributed by atoms with van der Waals surface area (Å²) < 4.78 is 4.00. The second-order valence-electron chi connectivity index (χ2n) is 6.25. The van der Waals surface area contributed by atoms with E-state index in [1.54, 1.807) is 0 Å². The molecule has 0 saturated heterocycles. The Labute approximate surface area is 141 Å². The van der Waals surface area contributed by atoms with Crippen LogP contribution in [0.3, 0.4) is 0 Å². The zero-order valence-electron chi connectivity index (χ0n) is 13.6. The number of benzene rings is 1.